The van der Waals surface area contributed by atoms with Crippen LogP contribution in [0.2, 0.25) is 0 Å². The molecule has 1 N–H and O–H groups in total. The number of hydrogen-bond donors (Lipinski definition) is 1. The summed E-state index contributed by atoms with van der Waals surface area (Å²) in [7, 11) is 1.35. The summed E-state index contributed by atoms with van der Waals surface area (Å²) in [6.07, 6.45) is 0. The quantitative estimate of drug-likeness (QED) is 0.803. The highest BCUT2D eigenvalue weighted by Crippen LogP contribution is 2.17. The molecule has 1 aromatic rings. The Morgan fingerprint density at radius 3 is 2.93 bits per heavy atom. The number of ether oxygens (including phenoxy) is 1. The van der Waals surface area contributed by atoms with E-state index in [0.717, 1.165) is 0 Å². The van der Waals surface area contributed by atoms with Gasteiger partial charge in [-0.3, -0.25) is 4.79 Å². The lowest BCUT2D eigenvalue weighted by atomic mass is 10.2. The molecule has 0 radical (unpaired) electrons. The minimum Gasteiger partial charge on any atom is -0.494 e. The first-order valence-electron chi connectivity index (χ1n) is 4.36. The van der Waals surface area contributed by atoms with Gasteiger partial charge in [0.15, 0.2) is 11.6 Å². The second-order valence-corrected chi connectivity index (χ2v) is 3.17. The van der Waals surface area contributed by atoms with Crippen molar-refractivity contribution in [3.8, 4) is 5.75 Å². The number of carbonyl (C=O) groups excluding carboxylic acids is 1. The minimum absolute atomic E-state index is 0.0496. The van der Waals surface area contributed by atoms with Gasteiger partial charge in [-0.1, -0.05) is 0 Å². The van der Waals surface area contributed by atoms with E-state index < -0.39 is 5.82 Å². The zero-order valence-electron chi connectivity index (χ0n) is 8.22. The fraction of sp³-hybridized carbons (Fsp3) is 0.300. The molecule has 3 nitrogen and oxygen atoms in total. The van der Waals surface area contributed by atoms with Crippen LogP contribution in [0.3, 0.4) is 0 Å². The van der Waals surface area contributed by atoms with Crippen molar-refractivity contribution in [2.45, 2.75) is 0 Å². The van der Waals surface area contributed by atoms with Gasteiger partial charge in [-0.05, 0) is 18.2 Å². The maximum Gasteiger partial charge on any atom is 0.251 e. The van der Waals surface area contributed by atoms with E-state index in [2.05, 4.69) is 5.32 Å². The maximum atomic E-state index is 13.0. The van der Waals surface area contributed by atoms with Crippen molar-refractivity contribution in [1.82, 2.24) is 5.32 Å². The van der Waals surface area contributed by atoms with Crippen LogP contribution in [-0.4, -0.2) is 25.4 Å². The molecule has 1 aromatic carbocycles. The highest BCUT2D eigenvalue weighted by atomic mass is 35.5. The van der Waals surface area contributed by atoms with E-state index in [1.165, 1.54) is 25.3 Å². The summed E-state index contributed by atoms with van der Waals surface area (Å²) >= 11 is 5.42. The third-order valence-electron chi connectivity index (χ3n) is 1.79. The fourth-order valence-electron chi connectivity index (χ4n) is 1.06. The summed E-state index contributed by atoms with van der Waals surface area (Å²) in [6.45, 7) is 0.375. The Bertz CT molecular complexity index is 357. The molecule has 0 bridgehead atoms. The number of amides is 1. The van der Waals surface area contributed by atoms with E-state index >= 15 is 0 Å². The van der Waals surface area contributed by atoms with Gasteiger partial charge in [0.05, 0.1) is 7.11 Å². The molecule has 0 aliphatic carbocycles. The highest BCUT2D eigenvalue weighted by molar-refractivity contribution is 6.18. The highest BCUT2D eigenvalue weighted by Gasteiger charge is 2.09. The Morgan fingerprint density at radius 1 is 1.60 bits per heavy atom. The molecule has 0 heterocycles. The molecule has 0 unspecified atom stereocenters. The summed E-state index contributed by atoms with van der Waals surface area (Å²) in [5.74, 6) is -0.404. The van der Waals surface area contributed by atoms with Crippen molar-refractivity contribution in [2.24, 2.45) is 0 Å². The van der Waals surface area contributed by atoms with Crippen LogP contribution in [0, 0.1) is 5.82 Å². The average molecular weight is 232 g/mol. The van der Waals surface area contributed by atoms with Crippen molar-refractivity contribution in [3.05, 3.63) is 29.6 Å². The first kappa shape index (κ1) is 11.8. The molecule has 15 heavy (non-hydrogen) atoms. The average Bonchev–Trinajstić information content (AvgIpc) is 2.26. The van der Waals surface area contributed by atoms with Crippen molar-refractivity contribution < 1.29 is 13.9 Å². The zero-order valence-corrected chi connectivity index (χ0v) is 8.97. The molecule has 0 aromatic heterocycles. The van der Waals surface area contributed by atoms with Crippen LogP contribution in [0.1, 0.15) is 10.4 Å². The molecule has 82 valence electrons. The molecular weight excluding hydrogens is 221 g/mol. The SMILES string of the molecule is COc1cc(C(=O)NCCCl)ccc1F. The summed E-state index contributed by atoms with van der Waals surface area (Å²) in [5.41, 5.74) is 0.346. The molecule has 0 saturated carbocycles. The molecule has 0 aliphatic rings. The normalized spacial score (nSPS) is 9.80. The van der Waals surface area contributed by atoms with Gasteiger partial charge in [-0.25, -0.2) is 4.39 Å². The molecule has 0 spiro atoms. The van der Waals surface area contributed by atoms with Crippen LogP contribution >= 0.6 is 11.6 Å². The van der Waals surface area contributed by atoms with Crippen LogP contribution in [0.15, 0.2) is 18.2 Å². The van der Waals surface area contributed by atoms with Crippen molar-refractivity contribution >= 4 is 17.5 Å². The molecular formula is C10H11ClFNO2. The summed E-state index contributed by atoms with van der Waals surface area (Å²) in [4.78, 5) is 11.4. The van der Waals surface area contributed by atoms with Gasteiger partial charge in [0.25, 0.3) is 5.91 Å². The Kier molecular flexibility index (Phi) is 4.37. The number of rotatable bonds is 4. The predicted octanol–water partition coefficient (Wildman–Crippen LogP) is 1.80. The Hall–Kier alpha value is -1.29. The fourth-order valence-corrected chi connectivity index (χ4v) is 1.16. The largest absolute Gasteiger partial charge is 0.494 e. The number of benzene rings is 1. The zero-order chi connectivity index (χ0) is 11.3. The first-order valence-corrected chi connectivity index (χ1v) is 4.90. The van der Waals surface area contributed by atoms with Crippen LogP contribution in [-0.2, 0) is 0 Å². The lowest BCUT2D eigenvalue weighted by molar-refractivity contribution is 0.0955. The summed E-state index contributed by atoms with van der Waals surface area (Å²) < 4.78 is 17.8. The van der Waals surface area contributed by atoms with Gasteiger partial charge in [-0.2, -0.15) is 0 Å². The number of alkyl halides is 1. The number of methoxy groups -OCH3 is 1. The summed E-state index contributed by atoms with van der Waals surface area (Å²) in [6, 6.07) is 3.93. The van der Waals surface area contributed by atoms with Crippen LogP contribution in [0.25, 0.3) is 0 Å². The van der Waals surface area contributed by atoms with Crippen LogP contribution in [0.4, 0.5) is 4.39 Å². The van der Waals surface area contributed by atoms with Crippen molar-refractivity contribution in [1.29, 1.82) is 0 Å². The van der Waals surface area contributed by atoms with E-state index in [4.69, 9.17) is 16.3 Å². The number of carbonyl (C=O) groups is 1. The first-order chi connectivity index (χ1) is 7.19. The lowest BCUT2D eigenvalue weighted by Crippen LogP contribution is -2.25. The van der Waals surface area contributed by atoms with E-state index in [1.807, 2.05) is 0 Å². The number of nitrogens with one attached hydrogen (secondary N) is 1. The topological polar surface area (TPSA) is 38.3 Å². The third-order valence-corrected chi connectivity index (χ3v) is 1.98. The van der Waals surface area contributed by atoms with Crippen molar-refractivity contribution in [3.63, 3.8) is 0 Å². The molecule has 0 aliphatic heterocycles. The van der Waals surface area contributed by atoms with E-state index in [0.29, 0.717) is 18.0 Å². The predicted molar refractivity (Wildman–Crippen MR) is 56.0 cm³/mol. The summed E-state index contributed by atoms with van der Waals surface area (Å²) in [5, 5.41) is 2.57. The number of halogens is 2. The van der Waals surface area contributed by atoms with Crippen LogP contribution in [0.5, 0.6) is 5.75 Å². The van der Waals surface area contributed by atoms with Gasteiger partial charge in [0, 0.05) is 18.0 Å². The molecule has 1 rings (SSSR count). The van der Waals surface area contributed by atoms with Crippen LogP contribution < -0.4 is 10.1 Å². The standard InChI is InChI=1S/C10H11ClFNO2/c1-15-9-6-7(2-3-8(9)12)10(14)13-5-4-11/h2-3,6H,4-5H2,1H3,(H,13,14). The maximum absolute atomic E-state index is 13.0. The Morgan fingerprint density at radius 2 is 2.33 bits per heavy atom. The second-order valence-electron chi connectivity index (χ2n) is 2.79. The Labute approximate surface area is 92.2 Å². The molecule has 5 heteroatoms. The van der Waals surface area contributed by atoms with E-state index in [9.17, 15) is 9.18 Å². The molecule has 0 saturated heterocycles. The monoisotopic (exact) mass is 231 g/mol. The molecule has 0 atom stereocenters. The smallest absolute Gasteiger partial charge is 0.251 e. The lowest BCUT2D eigenvalue weighted by Gasteiger charge is -2.05. The van der Waals surface area contributed by atoms with E-state index in [-0.39, 0.29) is 11.7 Å². The Balaban J connectivity index is 2.81. The van der Waals surface area contributed by atoms with Crippen molar-refractivity contribution in [2.75, 3.05) is 19.5 Å². The minimum atomic E-state index is -0.494. The third kappa shape index (κ3) is 3.09. The van der Waals surface area contributed by atoms with Gasteiger partial charge < -0.3 is 10.1 Å². The van der Waals surface area contributed by atoms with E-state index in [1.54, 1.807) is 0 Å². The van der Waals surface area contributed by atoms with Gasteiger partial charge in [0.2, 0.25) is 0 Å². The molecule has 1 amide bonds. The molecule has 0 fully saturated rings. The number of hydrogen-bond acceptors (Lipinski definition) is 2. The van der Waals surface area contributed by atoms with Gasteiger partial charge in [-0.15, -0.1) is 11.6 Å². The van der Waals surface area contributed by atoms with Gasteiger partial charge in [0.1, 0.15) is 0 Å². The van der Waals surface area contributed by atoms with Gasteiger partial charge >= 0.3 is 0 Å². The second kappa shape index (κ2) is 5.56.